The third-order valence-corrected chi connectivity index (χ3v) is 4.10. The standard InChI is InChI=1S/C18H24O5/c1-18(2)10-13-6-5-8-15(17(13)23-18)21-12-16(19)22-11-14-7-3-4-9-20-14/h5-6,8,14H,3-4,7,9-12H2,1-2H3. The molecule has 2 heterocycles. The fourth-order valence-corrected chi connectivity index (χ4v) is 3.00. The van der Waals surface area contributed by atoms with Crippen molar-refractivity contribution in [1.29, 1.82) is 0 Å². The Labute approximate surface area is 136 Å². The normalized spacial score (nSPS) is 22.1. The zero-order valence-electron chi connectivity index (χ0n) is 13.8. The molecule has 2 aliphatic rings. The molecule has 2 aliphatic heterocycles. The number of hydrogen-bond donors (Lipinski definition) is 0. The van der Waals surface area contributed by atoms with Crippen molar-refractivity contribution in [3.05, 3.63) is 23.8 Å². The predicted octanol–water partition coefficient (Wildman–Crippen LogP) is 2.89. The van der Waals surface area contributed by atoms with E-state index in [0.29, 0.717) is 12.4 Å². The highest BCUT2D eigenvalue weighted by Gasteiger charge is 2.32. The SMILES string of the molecule is CC1(C)Cc2cccc(OCC(=O)OCC3CCCCO3)c2O1. The minimum absolute atomic E-state index is 0.0257. The average molecular weight is 320 g/mol. The maximum atomic E-state index is 11.8. The van der Waals surface area contributed by atoms with Gasteiger partial charge in [-0.1, -0.05) is 12.1 Å². The molecule has 1 atom stereocenters. The van der Waals surface area contributed by atoms with Crippen molar-refractivity contribution >= 4 is 5.97 Å². The number of rotatable bonds is 5. The van der Waals surface area contributed by atoms with Gasteiger partial charge in [-0.15, -0.1) is 0 Å². The van der Waals surface area contributed by atoms with Crippen LogP contribution < -0.4 is 9.47 Å². The van der Waals surface area contributed by atoms with Crippen molar-refractivity contribution in [2.75, 3.05) is 19.8 Å². The van der Waals surface area contributed by atoms with E-state index in [1.54, 1.807) is 0 Å². The van der Waals surface area contributed by atoms with Crippen LogP contribution in [0.1, 0.15) is 38.7 Å². The number of esters is 1. The lowest BCUT2D eigenvalue weighted by Crippen LogP contribution is -2.27. The number of para-hydroxylation sites is 1. The summed E-state index contributed by atoms with van der Waals surface area (Å²) in [6.45, 7) is 5.01. The molecule has 0 bridgehead atoms. The maximum absolute atomic E-state index is 11.8. The quantitative estimate of drug-likeness (QED) is 0.781. The third kappa shape index (κ3) is 4.16. The second-order valence-electron chi connectivity index (χ2n) is 6.74. The van der Waals surface area contributed by atoms with Gasteiger partial charge in [-0.3, -0.25) is 0 Å². The van der Waals surface area contributed by atoms with Gasteiger partial charge in [0.05, 0.1) is 6.10 Å². The molecule has 1 aromatic carbocycles. The van der Waals surface area contributed by atoms with Gasteiger partial charge < -0.3 is 18.9 Å². The third-order valence-electron chi connectivity index (χ3n) is 4.10. The Kier molecular flexibility index (Phi) is 4.76. The van der Waals surface area contributed by atoms with Gasteiger partial charge in [0.15, 0.2) is 18.1 Å². The van der Waals surface area contributed by atoms with Crippen molar-refractivity contribution < 1.29 is 23.7 Å². The van der Waals surface area contributed by atoms with E-state index >= 15 is 0 Å². The lowest BCUT2D eigenvalue weighted by Gasteiger charge is -2.22. The maximum Gasteiger partial charge on any atom is 0.344 e. The van der Waals surface area contributed by atoms with Crippen LogP contribution in [0.15, 0.2) is 18.2 Å². The molecule has 1 aromatic rings. The summed E-state index contributed by atoms with van der Waals surface area (Å²) < 4.78 is 22.3. The molecule has 0 amide bonds. The Morgan fingerprint density at radius 3 is 3.00 bits per heavy atom. The fraction of sp³-hybridized carbons (Fsp3) is 0.611. The van der Waals surface area contributed by atoms with E-state index in [0.717, 1.165) is 43.6 Å². The van der Waals surface area contributed by atoms with Crippen LogP contribution in [-0.2, 0) is 20.7 Å². The molecular formula is C18H24O5. The van der Waals surface area contributed by atoms with Gasteiger partial charge in [-0.2, -0.15) is 0 Å². The molecule has 0 saturated carbocycles. The van der Waals surface area contributed by atoms with E-state index < -0.39 is 0 Å². The van der Waals surface area contributed by atoms with Crippen LogP contribution in [-0.4, -0.2) is 37.5 Å². The van der Waals surface area contributed by atoms with Crippen molar-refractivity contribution in [3.63, 3.8) is 0 Å². The van der Waals surface area contributed by atoms with Crippen LogP contribution in [0.4, 0.5) is 0 Å². The summed E-state index contributed by atoms with van der Waals surface area (Å²) in [7, 11) is 0. The number of carbonyl (C=O) groups is 1. The molecule has 0 N–H and O–H groups in total. The van der Waals surface area contributed by atoms with Gasteiger partial charge >= 0.3 is 5.97 Å². The highest BCUT2D eigenvalue weighted by molar-refractivity contribution is 5.71. The van der Waals surface area contributed by atoms with Crippen LogP contribution in [0.25, 0.3) is 0 Å². The summed E-state index contributed by atoms with van der Waals surface area (Å²) in [6, 6.07) is 5.76. The molecule has 1 saturated heterocycles. The van der Waals surface area contributed by atoms with E-state index in [1.807, 2.05) is 32.0 Å². The first-order valence-corrected chi connectivity index (χ1v) is 8.24. The van der Waals surface area contributed by atoms with Crippen LogP contribution in [0.2, 0.25) is 0 Å². The second-order valence-corrected chi connectivity index (χ2v) is 6.74. The van der Waals surface area contributed by atoms with E-state index in [9.17, 15) is 4.79 Å². The van der Waals surface area contributed by atoms with Crippen LogP contribution in [0.5, 0.6) is 11.5 Å². The molecule has 3 rings (SSSR count). The zero-order valence-corrected chi connectivity index (χ0v) is 13.8. The predicted molar refractivity (Wildman–Crippen MR) is 84.9 cm³/mol. The fourth-order valence-electron chi connectivity index (χ4n) is 3.00. The van der Waals surface area contributed by atoms with Gasteiger partial charge in [0.1, 0.15) is 12.2 Å². The second kappa shape index (κ2) is 6.79. The molecule has 0 radical (unpaired) electrons. The number of hydrogen-bond acceptors (Lipinski definition) is 5. The summed E-state index contributed by atoms with van der Waals surface area (Å²) in [4.78, 5) is 11.8. The zero-order chi connectivity index (χ0) is 16.3. The van der Waals surface area contributed by atoms with E-state index in [2.05, 4.69) is 0 Å². The molecule has 126 valence electrons. The van der Waals surface area contributed by atoms with Gasteiger partial charge in [-0.25, -0.2) is 4.79 Å². The van der Waals surface area contributed by atoms with E-state index in [-0.39, 0.29) is 24.3 Å². The van der Waals surface area contributed by atoms with Crippen molar-refractivity contribution in [1.82, 2.24) is 0 Å². The smallest absolute Gasteiger partial charge is 0.344 e. The van der Waals surface area contributed by atoms with Crippen LogP contribution >= 0.6 is 0 Å². The summed E-state index contributed by atoms with van der Waals surface area (Å²) in [6.07, 6.45) is 4.02. The Bertz CT molecular complexity index is 561. The number of benzene rings is 1. The van der Waals surface area contributed by atoms with Crippen LogP contribution in [0, 0.1) is 0 Å². The van der Waals surface area contributed by atoms with Gasteiger partial charge in [0, 0.05) is 18.6 Å². The van der Waals surface area contributed by atoms with Crippen molar-refractivity contribution in [2.24, 2.45) is 0 Å². The molecule has 5 heteroatoms. The molecule has 5 nitrogen and oxygen atoms in total. The number of carbonyl (C=O) groups excluding carboxylic acids is 1. The van der Waals surface area contributed by atoms with E-state index in [1.165, 1.54) is 0 Å². The average Bonchev–Trinajstić information content (AvgIpc) is 2.86. The Balaban J connectivity index is 1.49. The van der Waals surface area contributed by atoms with Crippen LogP contribution in [0.3, 0.4) is 0 Å². The topological polar surface area (TPSA) is 54.0 Å². The molecule has 0 spiro atoms. The lowest BCUT2D eigenvalue weighted by atomic mass is 10.0. The molecule has 23 heavy (non-hydrogen) atoms. The first-order chi connectivity index (χ1) is 11.0. The first kappa shape index (κ1) is 16.1. The Morgan fingerprint density at radius 2 is 2.22 bits per heavy atom. The highest BCUT2D eigenvalue weighted by atomic mass is 16.6. The molecular weight excluding hydrogens is 296 g/mol. The lowest BCUT2D eigenvalue weighted by molar-refractivity contribution is -0.151. The largest absolute Gasteiger partial charge is 0.483 e. The Morgan fingerprint density at radius 1 is 1.35 bits per heavy atom. The number of ether oxygens (including phenoxy) is 4. The van der Waals surface area contributed by atoms with Crippen molar-refractivity contribution in [3.8, 4) is 11.5 Å². The molecule has 1 unspecified atom stereocenters. The molecule has 0 aromatic heterocycles. The molecule has 1 fully saturated rings. The van der Waals surface area contributed by atoms with E-state index in [4.69, 9.17) is 18.9 Å². The van der Waals surface area contributed by atoms with Crippen molar-refractivity contribution in [2.45, 2.75) is 51.2 Å². The number of fused-ring (bicyclic) bond motifs is 1. The monoisotopic (exact) mass is 320 g/mol. The van der Waals surface area contributed by atoms with Gasteiger partial charge in [0.25, 0.3) is 0 Å². The first-order valence-electron chi connectivity index (χ1n) is 8.24. The Hall–Kier alpha value is -1.75. The summed E-state index contributed by atoms with van der Waals surface area (Å²) >= 11 is 0. The summed E-state index contributed by atoms with van der Waals surface area (Å²) in [5.41, 5.74) is 0.872. The highest BCUT2D eigenvalue weighted by Crippen LogP contribution is 2.41. The minimum Gasteiger partial charge on any atom is -0.483 e. The summed E-state index contributed by atoms with van der Waals surface area (Å²) in [5, 5.41) is 0. The minimum atomic E-state index is -0.381. The molecule has 0 aliphatic carbocycles. The van der Waals surface area contributed by atoms with Gasteiger partial charge in [0.2, 0.25) is 0 Å². The summed E-state index contributed by atoms with van der Waals surface area (Å²) in [5.74, 6) is 0.953. The van der Waals surface area contributed by atoms with Gasteiger partial charge in [-0.05, 0) is 39.2 Å².